The van der Waals surface area contributed by atoms with Crippen LogP contribution in [0.25, 0.3) is 0 Å². The molecule has 0 spiro atoms. The minimum absolute atomic E-state index is 0.475. The van der Waals surface area contributed by atoms with Gasteiger partial charge in [-0.3, -0.25) is 4.98 Å². The van der Waals surface area contributed by atoms with Gasteiger partial charge in [-0.25, -0.2) is 0 Å². The molecule has 0 bridgehead atoms. The normalized spacial score (nSPS) is 23.1. The third-order valence-corrected chi connectivity index (χ3v) is 2.99. The van der Waals surface area contributed by atoms with E-state index < -0.39 is 6.10 Å². The lowest BCUT2D eigenvalue weighted by molar-refractivity contribution is 0.194. The van der Waals surface area contributed by atoms with E-state index in [1.54, 1.807) is 6.92 Å². The molecule has 0 amide bonds. The van der Waals surface area contributed by atoms with E-state index in [1.807, 2.05) is 18.3 Å². The minimum Gasteiger partial charge on any atom is -0.387 e. The molecule has 1 aromatic heterocycles. The first kappa shape index (κ1) is 10.4. The lowest BCUT2D eigenvalue weighted by Gasteiger charge is -2.18. The number of aliphatic hydroxyl groups is 1. The van der Waals surface area contributed by atoms with Crippen molar-refractivity contribution >= 4 is 5.69 Å². The summed E-state index contributed by atoms with van der Waals surface area (Å²) in [6.45, 7) is 6.25. The molecule has 1 fully saturated rings. The van der Waals surface area contributed by atoms with Gasteiger partial charge in [0.05, 0.1) is 23.7 Å². The molecule has 0 radical (unpaired) electrons. The van der Waals surface area contributed by atoms with Crippen molar-refractivity contribution in [2.45, 2.75) is 26.4 Å². The van der Waals surface area contributed by atoms with Crippen LogP contribution < -0.4 is 4.90 Å². The lowest BCUT2D eigenvalue weighted by atomic mass is 10.2. The van der Waals surface area contributed by atoms with Crippen molar-refractivity contribution in [3.63, 3.8) is 0 Å². The van der Waals surface area contributed by atoms with Gasteiger partial charge in [-0.05, 0) is 31.4 Å². The highest BCUT2D eigenvalue weighted by Gasteiger charge is 2.19. The fourth-order valence-corrected chi connectivity index (χ4v) is 2.00. The average Bonchev–Trinajstić information content (AvgIpc) is 2.65. The second-order valence-electron chi connectivity index (χ2n) is 4.46. The number of rotatable bonds is 2. The number of hydrogen-bond acceptors (Lipinski definition) is 3. The molecule has 82 valence electrons. The topological polar surface area (TPSA) is 36.4 Å². The molecule has 1 unspecified atom stereocenters. The Hall–Kier alpha value is -1.09. The third kappa shape index (κ3) is 2.29. The van der Waals surface area contributed by atoms with Crippen molar-refractivity contribution in [1.29, 1.82) is 0 Å². The van der Waals surface area contributed by atoms with E-state index in [1.165, 1.54) is 12.1 Å². The molecule has 0 aliphatic carbocycles. The van der Waals surface area contributed by atoms with E-state index in [0.29, 0.717) is 0 Å². The molecule has 1 saturated heterocycles. The Balaban J connectivity index is 2.10. The number of aliphatic hydroxyl groups excluding tert-OH is 1. The monoisotopic (exact) mass is 206 g/mol. The number of nitrogens with zero attached hydrogens (tertiary/aromatic N) is 2. The van der Waals surface area contributed by atoms with Gasteiger partial charge in [-0.15, -0.1) is 0 Å². The van der Waals surface area contributed by atoms with Crippen LogP contribution in [0.1, 0.15) is 32.1 Å². The second kappa shape index (κ2) is 4.19. The van der Waals surface area contributed by atoms with Crippen LogP contribution in [0.15, 0.2) is 18.3 Å². The van der Waals surface area contributed by atoms with Crippen LogP contribution in [-0.4, -0.2) is 23.2 Å². The Morgan fingerprint density at radius 1 is 1.53 bits per heavy atom. The van der Waals surface area contributed by atoms with Crippen molar-refractivity contribution in [3.05, 3.63) is 24.0 Å². The fraction of sp³-hybridized carbons (Fsp3) is 0.583. The number of aromatic nitrogens is 1. The van der Waals surface area contributed by atoms with Crippen LogP contribution in [0.3, 0.4) is 0 Å². The predicted molar refractivity (Wildman–Crippen MR) is 60.9 cm³/mol. The lowest BCUT2D eigenvalue weighted by Crippen LogP contribution is -2.19. The number of pyridine rings is 1. The van der Waals surface area contributed by atoms with Crippen molar-refractivity contribution in [2.24, 2.45) is 5.92 Å². The molecular formula is C12H18N2O. The van der Waals surface area contributed by atoms with Gasteiger partial charge in [-0.2, -0.15) is 0 Å². The standard InChI is InChI=1S/C12H18N2O/c1-9-5-6-14(8-9)11-3-4-12(10(2)15)13-7-11/h3-4,7,9-10,15H,5-6,8H2,1-2H3/t9?,10-/m0/s1. The molecular weight excluding hydrogens is 188 g/mol. The van der Waals surface area contributed by atoms with Crippen LogP contribution in [0.5, 0.6) is 0 Å². The predicted octanol–water partition coefficient (Wildman–Crippen LogP) is 1.98. The maximum Gasteiger partial charge on any atom is 0.0931 e. The van der Waals surface area contributed by atoms with Gasteiger partial charge in [0, 0.05) is 13.1 Å². The summed E-state index contributed by atoms with van der Waals surface area (Å²) in [7, 11) is 0. The number of anilines is 1. The summed E-state index contributed by atoms with van der Waals surface area (Å²) in [4.78, 5) is 6.61. The first-order valence-corrected chi connectivity index (χ1v) is 5.56. The molecule has 2 heterocycles. The first-order valence-electron chi connectivity index (χ1n) is 5.56. The van der Waals surface area contributed by atoms with Crippen molar-refractivity contribution in [1.82, 2.24) is 4.98 Å². The van der Waals surface area contributed by atoms with Gasteiger partial charge in [0.1, 0.15) is 0 Å². The van der Waals surface area contributed by atoms with Crippen LogP contribution in [0.4, 0.5) is 5.69 Å². The molecule has 1 aromatic rings. The zero-order chi connectivity index (χ0) is 10.8. The van der Waals surface area contributed by atoms with Crippen LogP contribution in [0, 0.1) is 5.92 Å². The first-order chi connectivity index (χ1) is 7.16. The summed E-state index contributed by atoms with van der Waals surface area (Å²) in [5.41, 5.74) is 1.91. The summed E-state index contributed by atoms with van der Waals surface area (Å²) < 4.78 is 0. The van der Waals surface area contributed by atoms with Crippen LogP contribution in [-0.2, 0) is 0 Å². The Morgan fingerprint density at radius 3 is 2.80 bits per heavy atom. The van der Waals surface area contributed by atoms with Gasteiger partial charge in [0.25, 0.3) is 0 Å². The van der Waals surface area contributed by atoms with E-state index in [-0.39, 0.29) is 0 Å². The Bertz CT molecular complexity index is 321. The van der Waals surface area contributed by atoms with E-state index in [2.05, 4.69) is 16.8 Å². The van der Waals surface area contributed by atoms with Gasteiger partial charge in [-0.1, -0.05) is 6.92 Å². The van der Waals surface area contributed by atoms with Crippen LogP contribution >= 0.6 is 0 Å². The summed E-state index contributed by atoms with van der Waals surface area (Å²) in [6, 6.07) is 3.95. The third-order valence-electron chi connectivity index (χ3n) is 2.99. The van der Waals surface area contributed by atoms with Crippen molar-refractivity contribution < 1.29 is 5.11 Å². The zero-order valence-electron chi connectivity index (χ0n) is 9.35. The Labute approximate surface area is 90.8 Å². The van der Waals surface area contributed by atoms with E-state index in [0.717, 1.165) is 24.7 Å². The quantitative estimate of drug-likeness (QED) is 0.803. The average molecular weight is 206 g/mol. The maximum atomic E-state index is 9.35. The minimum atomic E-state index is -0.475. The van der Waals surface area contributed by atoms with E-state index in [9.17, 15) is 5.11 Å². The van der Waals surface area contributed by atoms with Gasteiger partial charge >= 0.3 is 0 Å². The highest BCUT2D eigenvalue weighted by molar-refractivity contribution is 5.45. The fourth-order valence-electron chi connectivity index (χ4n) is 2.00. The van der Waals surface area contributed by atoms with Gasteiger partial charge in [0.2, 0.25) is 0 Å². The van der Waals surface area contributed by atoms with Crippen molar-refractivity contribution in [2.75, 3.05) is 18.0 Å². The summed E-state index contributed by atoms with van der Waals surface area (Å²) >= 11 is 0. The summed E-state index contributed by atoms with van der Waals surface area (Å²) in [5.74, 6) is 0.779. The smallest absolute Gasteiger partial charge is 0.0931 e. The number of hydrogen-bond donors (Lipinski definition) is 1. The molecule has 1 aliphatic rings. The molecule has 2 atom stereocenters. The zero-order valence-corrected chi connectivity index (χ0v) is 9.35. The SMILES string of the molecule is CC1CCN(c2ccc([C@H](C)O)nc2)C1. The molecule has 0 aromatic carbocycles. The molecule has 0 saturated carbocycles. The molecule has 1 aliphatic heterocycles. The molecule has 3 heteroatoms. The van der Waals surface area contributed by atoms with Crippen molar-refractivity contribution in [3.8, 4) is 0 Å². The maximum absolute atomic E-state index is 9.35. The molecule has 1 N–H and O–H groups in total. The molecule has 15 heavy (non-hydrogen) atoms. The summed E-state index contributed by atoms with van der Waals surface area (Å²) in [5, 5.41) is 9.35. The Kier molecular flexibility index (Phi) is 2.91. The van der Waals surface area contributed by atoms with Gasteiger partial charge < -0.3 is 10.0 Å². The highest BCUT2D eigenvalue weighted by Crippen LogP contribution is 2.23. The van der Waals surface area contributed by atoms with E-state index >= 15 is 0 Å². The summed E-state index contributed by atoms with van der Waals surface area (Å²) in [6.07, 6.45) is 2.65. The van der Waals surface area contributed by atoms with Crippen LogP contribution in [0.2, 0.25) is 0 Å². The second-order valence-corrected chi connectivity index (χ2v) is 4.46. The largest absolute Gasteiger partial charge is 0.387 e. The van der Waals surface area contributed by atoms with Gasteiger partial charge in [0.15, 0.2) is 0 Å². The molecule has 2 rings (SSSR count). The highest BCUT2D eigenvalue weighted by atomic mass is 16.3. The van der Waals surface area contributed by atoms with E-state index in [4.69, 9.17) is 0 Å². The Morgan fingerprint density at radius 2 is 2.33 bits per heavy atom. The molecule has 3 nitrogen and oxygen atoms in total.